The molecule has 0 unspecified atom stereocenters. The van der Waals surface area contributed by atoms with Crippen LogP contribution >= 0.6 is 0 Å². The maximum Gasteiger partial charge on any atom is 0.179 e. The van der Waals surface area contributed by atoms with Gasteiger partial charge in [-0.2, -0.15) is 0 Å². The third-order valence-electron chi connectivity index (χ3n) is 9.64. The Labute approximate surface area is 298 Å². The summed E-state index contributed by atoms with van der Waals surface area (Å²) >= 11 is 0. The molecule has 0 bridgehead atoms. The van der Waals surface area contributed by atoms with Crippen molar-refractivity contribution in [2.45, 2.75) is 6.17 Å². The van der Waals surface area contributed by atoms with Crippen molar-refractivity contribution in [2.75, 3.05) is 9.80 Å². The number of aryl methyl sites for hydroxylation is 1. The van der Waals surface area contributed by atoms with Crippen LogP contribution < -0.4 is 9.80 Å². The normalized spacial score (nSPS) is 13.0. The summed E-state index contributed by atoms with van der Waals surface area (Å²) in [6.45, 7) is 0. The highest BCUT2D eigenvalue weighted by atomic mass is 15.5. The van der Waals surface area contributed by atoms with E-state index >= 15 is 0 Å². The molecular weight excluding hydrogens is 623 g/mol. The van der Waals surface area contributed by atoms with Gasteiger partial charge in [-0.15, -0.1) is 0 Å². The number of benzene rings is 6. The standard InChI is InChI=1S/C46H35N5/c1-49-40-30-18-17-29-38(40)39(44(49)35-23-11-4-12-24-35)31-32-41-50(36-25-13-5-14-26-36)45-46(51(41)37-27-15-6-16-28-37)48-43(34-21-9-3-10-22-34)42(47-45)33-19-7-2-8-20-33/h2-32,41H,1H3. The molecule has 2 aromatic heterocycles. The number of hydrogen-bond donors (Lipinski definition) is 0. The molecule has 51 heavy (non-hydrogen) atoms. The zero-order chi connectivity index (χ0) is 34.1. The lowest BCUT2D eigenvalue weighted by Crippen LogP contribution is -2.36. The third-order valence-corrected chi connectivity index (χ3v) is 9.64. The Morgan fingerprint density at radius 1 is 0.471 bits per heavy atom. The van der Waals surface area contributed by atoms with Crippen molar-refractivity contribution in [1.82, 2.24) is 14.5 Å². The molecule has 0 fully saturated rings. The van der Waals surface area contributed by atoms with E-state index in [1.807, 2.05) is 12.1 Å². The number of rotatable bonds is 7. The average molecular weight is 658 g/mol. The molecule has 5 nitrogen and oxygen atoms in total. The average Bonchev–Trinajstić information content (AvgIpc) is 3.68. The van der Waals surface area contributed by atoms with Crippen LogP contribution in [0.25, 0.3) is 50.8 Å². The summed E-state index contributed by atoms with van der Waals surface area (Å²) in [6, 6.07) is 61.2. The fourth-order valence-corrected chi connectivity index (χ4v) is 7.32. The van der Waals surface area contributed by atoms with Crippen LogP contribution in [0.5, 0.6) is 0 Å². The highest BCUT2D eigenvalue weighted by Crippen LogP contribution is 2.49. The van der Waals surface area contributed by atoms with E-state index in [1.165, 1.54) is 27.7 Å². The van der Waals surface area contributed by atoms with Gasteiger partial charge in [-0.25, -0.2) is 9.97 Å². The van der Waals surface area contributed by atoms with Crippen LogP contribution in [-0.4, -0.2) is 20.7 Å². The molecule has 0 amide bonds. The van der Waals surface area contributed by atoms with Gasteiger partial charge in [-0.1, -0.05) is 152 Å². The molecular formula is C46H35N5. The first-order valence-corrected chi connectivity index (χ1v) is 17.3. The molecule has 0 spiro atoms. The number of anilines is 4. The number of aromatic nitrogens is 3. The second-order valence-corrected chi connectivity index (χ2v) is 12.7. The molecule has 5 heteroatoms. The van der Waals surface area contributed by atoms with Crippen molar-refractivity contribution in [3.63, 3.8) is 0 Å². The van der Waals surface area contributed by atoms with E-state index in [0.29, 0.717) is 0 Å². The van der Waals surface area contributed by atoms with Crippen molar-refractivity contribution in [3.05, 3.63) is 188 Å². The number of para-hydroxylation sites is 3. The first kappa shape index (κ1) is 30.3. The molecule has 3 heterocycles. The lowest BCUT2D eigenvalue weighted by atomic mass is 10.0. The number of nitrogens with zero attached hydrogens (tertiary/aromatic N) is 5. The summed E-state index contributed by atoms with van der Waals surface area (Å²) in [5, 5.41) is 1.21. The minimum absolute atomic E-state index is 0.276. The summed E-state index contributed by atoms with van der Waals surface area (Å²) in [7, 11) is 2.16. The maximum absolute atomic E-state index is 5.54. The maximum atomic E-state index is 5.54. The molecule has 244 valence electrons. The lowest BCUT2D eigenvalue weighted by molar-refractivity contribution is 0.828. The highest BCUT2D eigenvalue weighted by molar-refractivity contribution is 5.98. The Balaban J connectivity index is 1.31. The monoisotopic (exact) mass is 657 g/mol. The minimum Gasteiger partial charge on any atom is -0.343 e. The zero-order valence-electron chi connectivity index (χ0n) is 28.2. The van der Waals surface area contributed by atoms with E-state index in [9.17, 15) is 0 Å². The van der Waals surface area contributed by atoms with Gasteiger partial charge < -0.3 is 4.57 Å². The van der Waals surface area contributed by atoms with Gasteiger partial charge in [0.05, 0.1) is 17.1 Å². The van der Waals surface area contributed by atoms with Gasteiger partial charge in [-0.3, -0.25) is 9.80 Å². The first-order chi connectivity index (χ1) is 25.3. The van der Waals surface area contributed by atoms with Crippen LogP contribution in [-0.2, 0) is 7.05 Å². The topological polar surface area (TPSA) is 37.2 Å². The summed E-state index contributed by atoms with van der Waals surface area (Å²) in [5.74, 6) is 1.61. The number of fused-ring (bicyclic) bond motifs is 2. The predicted molar refractivity (Wildman–Crippen MR) is 211 cm³/mol. The van der Waals surface area contributed by atoms with Crippen LogP contribution in [0.1, 0.15) is 5.56 Å². The van der Waals surface area contributed by atoms with E-state index in [1.54, 1.807) is 0 Å². The summed E-state index contributed by atoms with van der Waals surface area (Å²) in [5.41, 5.74) is 10.5. The summed E-state index contributed by atoms with van der Waals surface area (Å²) in [4.78, 5) is 15.7. The summed E-state index contributed by atoms with van der Waals surface area (Å²) < 4.78 is 2.30. The van der Waals surface area contributed by atoms with Crippen molar-refractivity contribution in [2.24, 2.45) is 7.05 Å². The summed E-state index contributed by atoms with van der Waals surface area (Å²) in [6.07, 6.45) is 4.33. The Kier molecular flexibility index (Phi) is 7.71. The SMILES string of the molecule is Cn1c(-c2ccccc2)c(C=CC2N(c3ccccc3)c3nc(-c4ccccc4)c(-c4ccccc4)nc3N2c2ccccc2)c2ccccc21. The van der Waals surface area contributed by atoms with Crippen molar-refractivity contribution in [3.8, 4) is 33.8 Å². The Morgan fingerprint density at radius 2 is 0.882 bits per heavy atom. The van der Waals surface area contributed by atoms with Gasteiger partial charge in [-0.05, 0) is 42.0 Å². The van der Waals surface area contributed by atoms with Gasteiger partial charge in [0.2, 0.25) is 0 Å². The molecule has 9 rings (SSSR count). The Hall–Kier alpha value is -6.72. The van der Waals surface area contributed by atoms with E-state index in [2.05, 4.69) is 197 Å². The fraction of sp³-hybridized carbons (Fsp3) is 0.0435. The van der Waals surface area contributed by atoms with Gasteiger partial charge in [0, 0.05) is 46.0 Å². The second-order valence-electron chi connectivity index (χ2n) is 12.7. The van der Waals surface area contributed by atoms with Crippen LogP contribution in [0.2, 0.25) is 0 Å². The van der Waals surface area contributed by atoms with Crippen LogP contribution in [0.3, 0.4) is 0 Å². The Bertz CT molecular complexity index is 2370. The van der Waals surface area contributed by atoms with Crippen molar-refractivity contribution >= 4 is 40.0 Å². The molecule has 0 saturated heterocycles. The smallest absolute Gasteiger partial charge is 0.179 e. The molecule has 0 saturated carbocycles. The van der Waals surface area contributed by atoms with E-state index in [4.69, 9.17) is 9.97 Å². The number of hydrogen-bond acceptors (Lipinski definition) is 4. The zero-order valence-corrected chi connectivity index (χ0v) is 28.2. The molecule has 0 atom stereocenters. The Morgan fingerprint density at radius 3 is 1.37 bits per heavy atom. The van der Waals surface area contributed by atoms with Crippen LogP contribution in [0, 0.1) is 0 Å². The fourth-order valence-electron chi connectivity index (χ4n) is 7.32. The van der Waals surface area contributed by atoms with Crippen LogP contribution in [0.15, 0.2) is 182 Å². The van der Waals surface area contributed by atoms with Gasteiger partial charge in [0.25, 0.3) is 0 Å². The molecule has 0 aliphatic carbocycles. The molecule has 1 aliphatic heterocycles. The second kappa shape index (κ2) is 13.0. The predicted octanol–water partition coefficient (Wildman–Crippen LogP) is 11.3. The first-order valence-electron chi connectivity index (χ1n) is 17.3. The third kappa shape index (κ3) is 5.36. The van der Waals surface area contributed by atoms with Gasteiger partial charge >= 0.3 is 0 Å². The highest BCUT2D eigenvalue weighted by Gasteiger charge is 2.40. The van der Waals surface area contributed by atoms with Crippen molar-refractivity contribution in [1.29, 1.82) is 0 Å². The van der Waals surface area contributed by atoms with Gasteiger partial charge in [0.15, 0.2) is 11.6 Å². The minimum atomic E-state index is -0.276. The lowest BCUT2D eigenvalue weighted by Gasteiger charge is -2.30. The molecule has 6 aromatic carbocycles. The van der Waals surface area contributed by atoms with Crippen LogP contribution in [0.4, 0.5) is 23.0 Å². The molecule has 1 aliphatic rings. The molecule has 0 N–H and O–H groups in total. The van der Waals surface area contributed by atoms with Gasteiger partial charge in [0.1, 0.15) is 6.17 Å². The largest absolute Gasteiger partial charge is 0.343 e. The quantitative estimate of drug-likeness (QED) is 0.171. The van der Waals surface area contributed by atoms with E-state index in [0.717, 1.165) is 45.5 Å². The molecule has 8 aromatic rings. The van der Waals surface area contributed by atoms with E-state index < -0.39 is 0 Å². The van der Waals surface area contributed by atoms with E-state index in [-0.39, 0.29) is 6.17 Å². The van der Waals surface area contributed by atoms with Crippen molar-refractivity contribution < 1.29 is 0 Å². The molecule has 0 radical (unpaired) electrons.